The highest BCUT2D eigenvalue weighted by atomic mass is 32.1. The maximum Gasteiger partial charge on any atom is 0.157 e. The van der Waals surface area contributed by atoms with Crippen LogP contribution in [0.1, 0.15) is 38.7 Å². The molecule has 1 aromatic heterocycles. The first-order valence-electron chi connectivity index (χ1n) is 6.05. The number of rotatable bonds is 5. The average Bonchev–Trinajstić information content (AvgIpc) is 3.04. The predicted octanol–water partition coefficient (Wildman–Crippen LogP) is 2.61. The summed E-state index contributed by atoms with van der Waals surface area (Å²) in [6.45, 7) is 5.44. The van der Waals surface area contributed by atoms with Gasteiger partial charge in [0.25, 0.3) is 0 Å². The molecule has 1 aliphatic rings. The molecule has 2 rings (SSSR count). The van der Waals surface area contributed by atoms with E-state index in [1.165, 1.54) is 24.4 Å². The van der Waals surface area contributed by atoms with Gasteiger partial charge in [0.15, 0.2) is 5.82 Å². The summed E-state index contributed by atoms with van der Waals surface area (Å²) in [4.78, 5) is 2.33. The summed E-state index contributed by atoms with van der Waals surface area (Å²) in [5.74, 6) is 1.05. The van der Waals surface area contributed by atoms with Crippen LogP contribution in [0.5, 0.6) is 0 Å². The molecule has 0 bridgehead atoms. The molecule has 1 aromatic rings. The molecular weight excluding hydrogens is 232 g/mol. The van der Waals surface area contributed by atoms with Crippen molar-refractivity contribution >= 4 is 22.4 Å². The van der Waals surface area contributed by atoms with Crippen molar-refractivity contribution in [3.63, 3.8) is 0 Å². The first-order valence-corrected chi connectivity index (χ1v) is 6.82. The molecule has 0 amide bonds. The molecule has 0 spiro atoms. The number of anilines is 2. The van der Waals surface area contributed by atoms with Crippen molar-refractivity contribution in [3.05, 3.63) is 5.56 Å². The van der Waals surface area contributed by atoms with E-state index < -0.39 is 0 Å². The fourth-order valence-electron chi connectivity index (χ4n) is 1.83. The Labute approximate surface area is 106 Å². The van der Waals surface area contributed by atoms with Gasteiger partial charge in [-0.2, -0.15) is 9.64 Å². The molecule has 2 N–H and O–H groups in total. The van der Waals surface area contributed by atoms with E-state index >= 15 is 0 Å². The average molecular weight is 250 g/mol. The monoisotopic (exact) mass is 250 g/mol. The van der Waals surface area contributed by atoms with Crippen LogP contribution in [0.25, 0.3) is 0 Å². The number of nitrogens with zero attached hydrogens (tertiary/aromatic N) is 3. The standard InChI is InChI=1S/C12H18N4S/c1-8(2)5-6-16(9-3-4-9)12-10(7-13)11(14)15-17-12/h8-9H,3-6H2,1-2H3,(H2,14,15). The van der Waals surface area contributed by atoms with Crippen LogP contribution in [0.3, 0.4) is 0 Å². The second-order valence-electron chi connectivity index (χ2n) is 4.97. The van der Waals surface area contributed by atoms with Crippen LogP contribution >= 0.6 is 11.5 Å². The van der Waals surface area contributed by atoms with Crippen LogP contribution in [0.15, 0.2) is 0 Å². The lowest BCUT2D eigenvalue weighted by atomic mass is 10.1. The van der Waals surface area contributed by atoms with E-state index in [1.807, 2.05) is 0 Å². The van der Waals surface area contributed by atoms with E-state index in [1.54, 1.807) is 0 Å². The van der Waals surface area contributed by atoms with Gasteiger partial charge >= 0.3 is 0 Å². The largest absolute Gasteiger partial charge is 0.382 e. The molecule has 0 aliphatic heterocycles. The number of hydrogen-bond donors (Lipinski definition) is 1. The summed E-state index contributed by atoms with van der Waals surface area (Å²) in [5, 5.41) is 10.1. The first kappa shape index (κ1) is 12.2. The zero-order chi connectivity index (χ0) is 12.4. The van der Waals surface area contributed by atoms with Crippen LogP contribution in [0, 0.1) is 17.2 Å². The lowest BCUT2D eigenvalue weighted by Gasteiger charge is -2.23. The molecule has 0 unspecified atom stereocenters. The molecule has 0 aromatic carbocycles. The van der Waals surface area contributed by atoms with Gasteiger partial charge in [-0.15, -0.1) is 0 Å². The fourth-order valence-corrected chi connectivity index (χ4v) is 2.69. The number of nitriles is 1. The van der Waals surface area contributed by atoms with Gasteiger partial charge in [-0.05, 0) is 36.7 Å². The van der Waals surface area contributed by atoms with Gasteiger partial charge in [0.05, 0.1) is 0 Å². The SMILES string of the molecule is CC(C)CCN(c1snc(N)c1C#N)C1CC1. The lowest BCUT2D eigenvalue weighted by molar-refractivity contribution is 0.572. The Bertz CT molecular complexity index is 428. The van der Waals surface area contributed by atoms with Crippen molar-refractivity contribution in [2.24, 2.45) is 5.92 Å². The van der Waals surface area contributed by atoms with E-state index in [0.29, 0.717) is 23.3 Å². The topological polar surface area (TPSA) is 65.9 Å². The summed E-state index contributed by atoms with van der Waals surface area (Å²) in [6, 6.07) is 2.77. The highest BCUT2D eigenvalue weighted by Crippen LogP contribution is 2.38. The van der Waals surface area contributed by atoms with Gasteiger partial charge in [-0.3, -0.25) is 0 Å². The van der Waals surface area contributed by atoms with Crippen LogP contribution in [-0.2, 0) is 0 Å². The van der Waals surface area contributed by atoms with Crippen molar-refractivity contribution in [3.8, 4) is 6.07 Å². The van der Waals surface area contributed by atoms with E-state index in [4.69, 9.17) is 11.0 Å². The normalized spacial score (nSPS) is 14.9. The number of aromatic nitrogens is 1. The molecule has 92 valence electrons. The molecule has 17 heavy (non-hydrogen) atoms. The number of nitrogen functional groups attached to an aromatic ring is 1. The Balaban J connectivity index is 2.17. The fraction of sp³-hybridized carbons (Fsp3) is 0.667. The van der Waals surface area contributed by atoms with E-state index in [9.17, 15) is 0 Å². The highest BCUT2D eigenvalue weighted by Gasteiger charge is 2.32. The molecule has 1 saturated carbocycles. The summed E-state index contributed by atoms with van der Waals surface area (Å²) >= 11 is 1.36. The maximum atomic E-state index is 9.13. The Morgan fingerprint density at radius 1 is 1.59 bits per heavy atom. The van der Waals surface area contributed by atoms with Crippen molar-refractivity contribution in [2.75, 3.05) is 17.2 Å². The Morgan fingerprint density at radius 2 is 2.29 bits per heavy atom. The van der Waals surface area contributed by atoms with Crippen LogP contribution in [0.4, 0.5) is 10.8 Å². The highest BCUT2D eigenvalue weighted by molar-refractivity contribution is 7.10. The van der Waals surface area contributed by atoms with E-state index in [-0.39, 0.29) is 0 Å². The van der Waals surface area contributed by atoms with E-state index in [0.717, 1.165) is 18.0 Å². The molecule has 0 saturated heterocycles. The zero-order valence-electron chi connectivity index (χ0n) is 10.3. The Morgan fingerprint density at radius 3 is 2.82 bits per heavy atom. The molecular formula is C12H18N4S. The second kappa shape index (κ2) is 4.92. The summed E-state index contributed by atoms with van der Waals surface area (Å²) in [7, 11) is 0. The molecule has 5 heteroatoms. The van der Waals surface area contributed by atoms with Gasteiger partial charge in [-0.1, -0.05) is 13.8 Å². The van der Waals surface area contributed by atoms with Crippen LogP contribution in [-0.4, -0.2) is 17.0 Å². The van der Waals surface area contributed by atoms with Gasteiger partial charge in [0.2, 0.25) is 0 Å². The molecule has 1 fully saturated rings. The second-order valence-corrected chi connectivity index (χ2v) is 5.72. The smallest absolute Gasteiger partial charge is 0.157 e. The summed E-state index contributed by atoms with van der Waals surface area (Å²) in [6.07, 6.45) is 3.58. The minimum atomic E-state index is 0.377. The maximum absolute atomic E-state index is 9.13. The third kappa shape index (κ3) is 2.70. The minimum absolute atomic E-state index is 0.377. The number of hydrogen-bond acceptors (Lipinski definition) is 5. The molecule has 1 aliphatic carbocycles. The Hall–Kier alpha value is -1.28. The van der Waals surface area contributed by atoms with Crippen LogP contribution in [0.2, 0.25) is 0 Å². The predicted molar refractivity (Wildman–Crippen MR) is 71.1 cm³/mol. The summed E-state index contributed by atoms with van der Waals surface area (Å²) in [5.41, 5.74) is 6.28. The van der Waals surface area contributed by atoms with Crippen molar-refractivity contribution in [1.29, 1.82) is 5.26 Å². The molecule has 4 nitrogen and oxygen atoms in total. The quantitative estimate of drug-likeness (QED) is 0.872. The third-order valence-electron chi connectivity index (χ3n) is 3.01. The third-order valence-corrected chi connectivity index (χ3v) is 3.91. The lowest BCUT2D eigenvalue weighted by Crippen LogP contribution is -2.27. The van der Waals surface area contributed by atoms with Crippen molar-refractivity contribution < 1.29 is 0 Å². The summed E-state index contributed by atoms with van der Waals surface area (Å²) < 4.78 is 4.10. The van der Waals surface area contributed by atoms with Gasteiger partial charge in [-0.25, -0.2) is 0 Å². The molecule has 0 atom stereocenters. The molecule has 1 heterocycles. The van der Waals surface area contributed by atoms with Gasteiger partial charge in [0, 0.05) is 12.6 Å². The van der Waals surface area contributed by atoms with Crippen molar-refractivity contribution in [1.82, 2.24) is 4.37 Å². The van der Waals surface area contributed by atoms with E-state index in [2.05, 4.69) is 29.2 Å². The minimum Gasteiger partial charge on any atom is -0.382 e. The van der Waals surface area contributed by atoms with Gasteiger partial charge in [0.1, 0.15) is 16.6 Å². The van der Waals surface area contributed by atoms with Crippen LogP contribution < -0.4 is 10.6 Å². The first-order chi connectivity index (χ1) is 8.13. The Kier molecular flexibility index (Phi) is 3.53. The number of nitrogens with two attached hydrogens (primary N) is 1. The van der Waals surface area contributed by atoms with Gasteiger partial charge < -0.3 is 10.6 Å². The zero-order valence-corrected chi connectivity index (χ0v) is 11.1. The molecule has 0 radical (unpaired) electrons. The van der Waals surface area contributed by atoms with Crippen molar-refractivity contribution in [2.45, 2.75) is 39.2 Å².